The molecule has 0 saturated heterocycles. The fraction of sp³-hybridized carbons (Fsp3) is 0.429. The van der Waals surface area contributed by atoms with Gasteiger partial charge in [0, 0.05) is 12.1 Å². The number of hydrogen-bond donors (Lipinski definition) is 0. The number of hydrogen-bond acceptors (Lipinski definition) is 4. The molecule has 2 heterocycles. The van der Waals surface area contributed by atoms with E-state index in [0.717, 1.165) is 29.4 Å². The SMILES string of the molecule is CC(C)Cn1cnnc1-c1ccc2c(c1)OCCO2. The van der Waals surface area contributed by atoms with Gasteiger partial charge in [-0.25, -0.2) is 0 Å². The Labute approximate surface area is 112 Å². The first kappa shape index (κ1) is 12.0. The Morgan fingerprint density at radius 3 is 2.79 bits per heavy atom. The van der Waals surface area contributed by atoms with E-state index in [1.54, 1.807) is 6.33 Å². The average Bonchev–Trinajstić information content (AvgIpc) is 2.85. The zero-order valence-electron chi connectivity index (χ0n) is 11.2. The summed E-state index contributed by atoms with van der Waals surface area (Å²) in [6, 6.07) is 5.89. The highest BCUT2D eigenvalue weighted by atomic mass is 16.6. The van der Waals surface area contributed by atoms with Crippen LogP contribution in [0, 0.1) is 5.92 Å². The van der Waals surface area contributed by atoms with Crippen LogP contribution in [-0.4, -0.2) is 28.0 Å². The van der Waals surface area contributed by atoms with Crippen molar-refractivity contribution < 1.29 is 9.47 Å². The van der Waals surface area contributed by atoms with Gasteiger partial charge in [-0.1, -0.05) is 13.8 Å². The van der Waals surface area contributed by atoms with Crippen LogP contribution >= 0.6 is 0 Å². The summed E-state index contributed by atoms with van der Waals surface area (Å²) in [6.45, 7) is 6.45. The van der Waals surface area contributed by atoms with Gasteiger partial charge in [0.05, 0.1) is 0 Å². The van der Waals surface area contributed by atoms with E-state index in [9.17, 15) is 0 Å². The zero-order chi connectivity index (χ0) is 13.2. The van der Waals surface area contributed by atoms with E-state index in [4.69, 9.17) is 9.47 Å². The van der Waals surface area contributed by atoms with Crippen molar-refractivity contribution >= 4 is 0 Å². The van der Waals surface area contributed by atoms with Crippen LogP contribution in [0.3, 0.4) is 0 Å². The highest BCUT2D eigenvalue weighted by Gasteiger charge is 2.15. The van der Waals surface area contributed by atoms with E-state index < -0.39 is 0 Å². The molecule has 2 aromatic rings. The number of benzene rings is 1. The summed E-state index contributed by atoms with van der Waals surface area (Å²) in [4.78, 5) is 0. The Morgan fingerprint density at radius 2 is 2.00 bits per heavy atom. The first-order valence-corrected chi connectivity index (χ1v) is 6.52. The molecule has 3 rings (SSSR count). The maximum atomic E-state index is 5.60. The molecule has 0 N–H and O–H groups in total. The molecule has 0 spiro atoms. The fourth-order valence-electron chi connectivity index (χ4n) is 2.19. The molecule has 19 heavy (non-hydrogen) atoms. The van der Waals surface area contributed by atoms with Gasteiger partial charge in [-0.05, 0) is 24.1 Å². The van der Waals surface area contributed by atoms with Crippen LogP contribution in [0.15, 0.2) is 24.5 Å². The van der Waals surface area contributed by atoms with Gasteiger partial charge in [0.25, 0.3) is 0 Å². The molecule has 1 aromatic heterocycles. The monoisotopic (exact) mass is 259 g/mol. The van der Waals surface area contributed by atoms with Crippen molar-refractivity contribution in [2.75, 3.05) is 13.2 Å². The first-order chi connectivity index (χ1) is 9.24. The maximum Gasteiger partial charge on any atom is 0.163 e. The third kappa shape index (κ3) is 2.41. The standard InChI is InChI=1S/C14H17N3O2/c1-10(2)8-17-9-15-16-14(17)11-3-4-12-13(7-11)19-6-5-18-12/h3-4,7,9-10H,5-6,8H2,1-2H3. The molecule has 0 radical (unpaired) electrons. The second-order valence-corrected chi connectivity index (χ2v) is 5.06. The van der Waals surface area contributed by atoms with Crippen molar-refractivity contribution in [1.82, 2.24) is 14.8 Å². The molecule has 1 aromatic carbocycles. The summed E-state index contributed by atoms with van der Waals surface area (Å²) >= 11 is 0. The minimum absolute atomic E-state index is 0.548. The number of rotatable bonds is 3. The topological polar surface area (TPSA) is 49.2 Å². The Kier molecular flexibility index (Phi) is 3.11. The van der Waals surface area contributed by atoms with Gasteiger partial charge in [-0.2, -0.15) is 0 Å². The van der Waals surface area contributed by atoms with E-state index in [-0.39, 0.29) is 0 Å². The molecule has 0 unspecified atom stereocenters. The summed E-state index contributed by atoms with van der Waals surface area (Å²) in [6.07, 6.45) is 1.77. The van der Waals surface area contributed by atoms with Crippen LogP contribution in [0.5, 0.6) is 11.5 Å². The van der Waals surface area contributed by atoms with Crippen LogP contribution in [0.25, 0.3) is 11.4 Å². The molecule has 100 valence electrons. The summed E-state index contributed by atoms with van der Waals surface area (Å²) in [7, 11) is 0. The quantitative estimate of drug-likeness (QED) is 0.849. The van der Waals surface area contributed by atoms with Crippen LogP contribution in [0.1, 0.15) is 13.8 Å². The highest BCUT2D eigenvalue weighted by Crippen LogP contribution is 2.33. The summed E-state index contributed by atoms with van der Waals surface area (Å²) in [5, 5.41) is 8.21. The lowest BCUT2D eigenvalue weighted by atomic mass is 10.1. The van der Waals surface area contributed by atoms with Gasteiger partial charge < -0.3 is 14.0 Å². The van der Waals surface area contributed by atoms with E-state index in [1.165, 1.54) is 0 Å². The third-order valence-corrected chi connectivity index (χ3v) is 2.98. The van der Waals surface area contributed by atoms with Crippen LogP contribution in [-0.2, 0) is 6.54 Å². The van der Waals surface area contributed by atoms with Gasteiger partial charge in [-0.15, -0.1) is 10.2 Å². The summed E-state index contributed by atoms with van der Waals surface area (Å²) in [5.74, 6) is 2.99. The minimum Gasteiger partial charge on any atom is -0.486 e. The molecular weight excluding hydrogens is 242 g/mol. The number of fused-ring (bicyclic) bond motifs is 1. The average molecular weight is 259 g/mol. The van der Waals surface area contributed by atoms with Crippen molar-refractivity contribution in [1.29, 1.82) is 0 Å². The number of ether oxygens (including phenoxy) is 2. The van der Waals surface area contributed by atoms with Crippen LogP contribution < -0.4 is 9.47 Å². The maximum absolute atomic E-state index is 5.60. The second kappa shape index (κ2) is 4.91. The Hall–Kier alpha value is -2.04. The van der Waals surface area contributed by atoms with Gasteiger partial charge in [0.2, 0.25) is 0 Å². The van der Waals surface area contributed by atoms with Crippen molar-refractivity contribution in [2.45, 2.75) is 20.4 Å². The molecule has 0 fully saturated rings. The molecule has 0 bridgehead atoms. The van der Waals surface area contributed by atoms with Gasteiger partial charge in [-0.3, -0.25) is 0 Å². The largest absolute Gasteiger partial charge is 0.486 e. The third-order valence-electron chi connectivity index (χ3n) is 2.98. The van der Waals surface area contributed by atoms with Gasteiger partial charge in [0.15, 0.2) is 17.3 Å². The lowest BCUT2D eigenvalue weighted by Crippen LogP contribution is -2.15. The molecular formula is C14H17N3O2. The molecule has 1 aliphatic rings. The van der Waals surface area contributed by atoms with Gasteiger partial charge in [0.1, 0.15) is 19.5 Å². The molecule has 0 atom stereocenters. The van der Waals surface area contributed by atoms with Crippen molar-refractivity contribution in [3.63, 3.8) is 0 Å². The molecule has 5 nitrogen and oxygen atoms in total. The smallest absolute Gasteiger partial charge is 0.163 e. The number of aromatic nitrogens is 3. The first-order valence-electron chi connectivity index (χ1n) is 6.52. The number of nitrogens with zero attached hydrogens (tertiary/aromatic N) is 3. The highest BCUT2D eigenvalue weighted by molar-refractivity contribution is 5.61. The van der Waals surface area contributed by atoms with E-state index >= 15 is 0 Å². The van der Waals surface area contributed by atoms with E-state index in [0.29, 0.717) is 19.1 Å². The van der Waals surface area contributed by atoms with E-state index in [1.807, 2.05) is 18.2 Å². The molecule has 5 heteroatoms. The normalized spacial score (nSPS) is 13.8. The van der Waals surface area contributed by atoms with Gasteiger partial charge >= 0.3 is 0 Å². The van der Waals surface area contributed by atoms with Crippen molar-refractivity contribution in [3.05, 3.63) is 24.5 Å². The lowest BCUT2D eigenvalue weighted by molar-refractivity contribution is 0.171. The molecule has 1 aliphatic heterocycles. The minimum atomic E-state index is 0.548. The molecule has 0 saturated carbocycles. The van der Waals surface area contributed by atoms with Crippen LogP contribution in [0.2, 0.25) is 0 Å². The van der Waals surface area contributed by atoms with Crippen molar-refractivity contribution in [3.8, 4) is 22.9 Å². The fourth-order valence-corrected chi connectivity index (χ4v) is 2.19. The predicted octanol–water partition coefficient (Wildman–Crippen LogP) is 2.37. The Morgan fingerprint density at radius 1 is 1.21 bits per heavy atom. The predicted molar refractivity (Wildman–Crippen MR) is 71.3 cm³/mol. The lowest BCUT2D eigenvalue weighted by Gasteiger charge is -2.19. The van der Waals surface area contributed by atoms with Crippen molar-refractivity contribution in [2.24, 2.45) is 5.92 Å². The Balaban J connectivity index is 1.96. The Bertz CT molecular complexity index is 578. The summed E-state index contributed by atoms with van der Waals surface area (Å²) < 4.78 is 13.2. The molecule has 0 aliphatic carbocycles. The van der Waals surface area contributed by atoms with E-state index in [2.05, 4.69) is 28.6 Å². The summed E-state index contributed by atoms with van der Waals surface area (Å²) in [5.41, 5.74) is 1.00. The van der Waals surface area contributed by atoms with Crippen LogP contribution in [0.4, 0.5) is 0 Å². The second-order valence-electron chi connectivity index (χ2n) is 5.06. The zero-order valence-corrected chi connectivity index (χ0v) is 11.2. The molecule has 0 amide bonds.